The first-order valence-corrected chi connectivity index (χ1v) is 10.1. The van der Waals surface area contributed by atoms with Crippen molar-refractivity contribution in [2.45, 2.75) is 45.7 Å². The van der Waals surface area contributed by atoms with E-state index in [1.807, 2.05) is 18.7 Å². The average Bonchev–Trinajstić information content (AvgIpc) is 3.23. The Hall–Kier alpha value is -2.21. The Balaban J connectivity index is 1.42. The second-order valence-corrected chi connectivity index (χ2v) is 8.06. The molecule has 1 amide bonds. The van der Waals surface area contributed by atoms with E-state index in [-0.39, 0.29) is 11.8 Å². The number of carbonyl (C=O) groups excluding carboxylic acids is 1. The highest BCUT2D eigenvalue weighted by Crippen LogP contribution is 2.28. The monoisotopic (exact) mass is 367 g/mol. The first-order chi connectivity index (χ1) is 13.1. The Morgan fingerprint density at radius 2 is 1.93 bits per heavy atom. The molecule has 0 saturated carbocycles. The number of rotatable bonds is 4. The highest BCUT2D eigenvalue weighted by atomic mass is 16.2. The molecule has 144 valence electrons. The molecule has 0 radical (unpaired) electrons. The van der Waals surface area contributed by atoms with Crippen molar-refractivity contribution in [2.75, 3.05) is 26.2 Å². The van der Waals surface area contributed by atoms with E-state index in [1.165, 1.54) is 5.56 Å². The van der Waals surface area contributed by atoms with Gasteiger partial charge in [-0.05, 0) is 18.5 Å². The van der Waals surface area contributed by atoms with Crippen LogP contribution in [-0.4, -0.2) is 56.7 Å². The average molecular weight is 367 g/mol. The summed E-state index contributed by atoms with van der Waals surface area (Å²) >= 11 is 0. The van der Waals surface area contributed by atoms with Crippen molar-refractivity contribution in [3.05, 3.63) is 47.5 Å². The Morgan fingerprint density at radius 1 is 1.11 bits per heavy atom. The molecule has 2 aliphatic heterocycles. The summed E-state index contributed by atoms with van der Waals surface area (Å²) in [4.78, 5) is 16.8. The van der Waals surface area contributed by atoms with Gasteiger partial charge in [0.2, 0.25) is 5.91 Å². The van der Waals surface area contributed by atoms with Crippen LogP contribution in [0.25, 0.3) is 0 Å². The van der Waals surface area contributed by atoms with E-state index < -0.39 is 0 Å². The first-order valence-electron chi connectivity index (χ1n) is 10.1. The summed E-state index contributed by atoms with van der Waals surface area (Å²) in [5, 5.41) is 9.02. The van der Waals surface area contributed by atoms with E-state index in [9.17, 15) is 4.79 Å². The molecule has 1 atom stereocenters. The van der Waals surface area contributed by atoms with Gasteiger partial charge >= 0.3 is 0 Å². The zero-order valence-electron chi connectivity index (χ0n) is 16.3. The van der Waals surface area contributed by atoms with Crippen LogP contribution in [0.4, 0.5) is 0 Å². The minimum absolute atomic E-state index is 0.0504. The molecule has 1 fully saturated rings. The summed E-state index contributed by atoms with van der Waals surface area (Å²) in [6, 6.07) is 10.7. The molecule has 3 heterocycles. The lowest BCUT2D eigenvalue weighted by atomic mass is 10.1. The number of nitrogens with zero attached hydrogens (tertiary/aromatic N) is 5. The fraction of sp³-hybridized carbons (Fsp3) is 0.571. The van der Waals surface area contributed by atoms with E-state index >= 15 is 0 Å². The van der Waals surface area contributed by atoms with Gasteiger partial charge < -0.3 is 9.47 Å². The van der Waals surface area contributed by atoms with Crippen molar-refractivity contribution in [3.63, 3.8) is 0 Å². The second kappa shape index (κ2) is 7.80. The lowest BCUT2D eigenvalue weighted by molar-refractivity contribution is -0.134. The maximum atomic E-state index is 12.4. The van der Waals surface area contributed by atoms with E-state index in [1.54, 1.807) is 0 Å². The van der Waals surface area contributed by atoms with Crippen LogP contribution >= 0.6 is 0 Å². The fourth-order valence-corrected chi connectivity index (χ4v) is 4.26. The third kappa shape index (κ3) is 3.90. The second-order valence-electron chi connectivity index (χ2n) is 8.06. The number of benzene rings is 1. The molecule has 4 rings (SSSR count). The van der Waals surface area contributed by atoms with Crippen LogP contribution in [0.1, 0.15) is 43.4 Å². The number of fused-ring (bicyclic) bond motifs is 1. The van der Waals surface area contributed by atoms with E-state index in [4.69, 9.17) is 0 Å². The normalized spacial score (nSPS) is 20.7. The molecule has 1 aromatic heterocycles. The Kier molecular flexibility index (Phi) is 5.25. The molecule has 0 N–H and O–H groups in total. The smallest absolute Gasteiger partial charge is 0.225 e. The molecular formula is C21H29N5O. The molecule has 2 aliphatic rings. The number of hydrogen-bond acceptors (Lipinski definition) is 4. The van der Waals surface area contributed by atoms with Gasteiger partial charge in [0.05, 0.1) is 0 Å². The molecule has 6 nitrogen and oxygen atoms in total. The van der Waals surface area contributed by atoms with Gasteiger partial charge in [-0.2, -0.15) is 0 Å². The number of amides is 1. The molecular weight excluding hydrogens is 338 g/mol. The van der Waals surface area contributed by atoms with Crippen molar-refractivity contribution >= 4 is 5.91 Å². The predicted molar refractivity (Wildman–Crippen MR) is 104 cm³/mol. The summed E-state index contributed by atoms with van der Waals surface area (Å²) < 4.78 is 2.28. The minimum Gasteiger partial charge on any atom is -0.340 e. The molecule has 0 bridgehead atoms. The molecule has 1 saturated heterocycles. The van der Waals surface area contributed by atoms with Crippen molar-refractivity contribution in [1.82, 2.24) is 24.6 Å². The fourth-order valence-electron chi connectivity index (χ4n) is 4.26. The molecule has 1 aromatic carbocycles. The quantitative estimate of drug-likeness (QED) is 0.832. The lowest BCUT2D eigenvalue weighted by Gasteiger charge is -2.22. The topological polar surface area (TPSA) is 54.3 Å². The van der Waals surface area contributed by atoms with Crippen LogP contribution in [0.15, 0.2) is 30.3 Å². The zero-order valence-corrected chi connectivity index (χ0v) is 16.3. The molecule has 2 aromatic rings. The summed E-state index contributed by atoms with van der Waals surface area (Å²) in [5.41, 5.74) is 1.36. The highest BCUT2D eigenvalue weighted by Gasteiger charge is 2.30. The van der Waals surface area contributed by atoms with Crippen molar-refractivity contribution in [3.8, 4) is 0 Å². The number of likely N-dealkylation sites (tertiary alicyclic amines) is 1. The van der Waals surface area contributed by atoms with Crippen LogP contribution in [-0.2, 0) is 24.3 Å². The summed E-state index contributed by atoms with van der Waals surface area (Å²) in [7, 11) is 0. The largest absolute Gasteiger partial charge is 0.340 e. The Bertz CT molecular complexity index is 785. The van der Waals surface area contributed by atoms with Crippen LogP contribution in [0, 0.1) is 5.92 Å². The van der Waals surface area contributed by atoms with Gasteiger partial charge in [0, 0.05) is 51.0 Å². The molecule has 0 aliphatic carbocycles. The SMILES string of the molecule is CC(C)C(=O)N1CCc2nnc(C3CCN(Cc4ccccc4)C3)n2CC1. The Morgan fingerprint density at radius 3 is 2.70 bits per heavy atom. The van der Waals surface area contributed by atoms with Gasteiger partial charge in [-0.25, -0.2) is 0 Å². The van der Waals surface area contributed by atoms with E-state index in [0.29, 0.717) is 5.92 Å². The van der Waals surface area contributed by atoms with Gasteiger partial charge in [-0.15, -0.1) is 10.2 Å². The maximum Gasteiger partial charge on any atom is 0.225 e. The number of carbonyl (C=O) groups is 1. The predicted octanol–water partition coefficient (Wildman–Crippen LogP) is 2.31. The molecule has 0 spiro atoms. The minimum atomic E-state index is 0.0504. The number of hydrogen-bond donors (Lipinski definition) is 0. The molecule has 6 heteroatoms. The van der Waals surface area contributed by atoms with Gasteiger partial charge in [-0.1, -0.05) is 44.2 Å². The van der Waals surface area contributed by atoms with Crippen molar-refractivity contribution < 1.29 is 4.79 Å². The lowest BCUT2D eigenvalue weighted by Crippen LogP contribution is -2.36. The third-order valence-corrected chi connectivity index (χ3v) is 5.75. The van der Waals surface area contributed by atoms with Gasteiger partial charge in [-0.3, -0.25) is 9.69 Å². The zero-order chi connectivity index (χ0) is 18.8. The molecule has 1 unspecified atom stereocenters. The summed E-state index contributed by atoms with van der Waals surface area (Å²) in [6.07, 6.45) is 1.92. The van der Waals surface area contributed by atoms with Gasteiger partial charge in [0.15, 0.2) is 0 Å². The van der Waals surface area contributed by atoms with Crippen molar-refractivity contribution in [1.29, 1.82) is 0 Å². The highest BCUT2D eigenvalue weighted by molar-refractivity contribution is 5.78. The van der Waals surface area contributed by atoms with Crippen LogP contribution in [0.3, 0.4) is 0 Å². The maximum absolute atomic E-state index is 12.4. The van der Waals surface area contributed by atoms with E-state index in [2.05, 4.69) is 50.0 Å². The van der Waals surface area contributed by atoms with Crippen molar-refractivity contribution in [2.24, 2.45) is 5.92 Å². The Labute approximate surface area is 161 Å². The van der Waals surface area contributed by atoms with Crippen LogP contribution in [0.5, 0.6) is 0 Å². The van der Waals surface area contributed by atoms with Crippen LogP contribution < -0.4 is 0 Å². The van der Waals surface area contributed by atoms with Gasteiger partial charge in [0.25, 0.3) is 0 Å². The van der Waals surface area contributed by atoms with Gasteiger partial charge in [0.1, 0.15) is 11.6 Å². The molecule has 27 heavy (non-hydrogen) atoms. The summed E-state index contributed by atoms with van der Waals surface area (Å²) in [6.45, 7) is 9.38. The third-order valence-electron chi connectivity index (χ3n) is 5.75. The standard InChI is InChI=1S/C21H29N5O/c1-16(2)21(27)25-11-9-19-22-23-20(26(19)13-12-25)18-8-10-24(15-18)14-17-6-4-3-5-7-17/h3-7,16,18H,8-15H2,1-2H3. The number of aromatic nitrogens is 3. The first kappa shape index (κ1) is 18.2. The van der Waals surface area contributed by atoms with E-state index in [0.717, 1.165) is 63.8 Å². The van der Waals surface area contributed by atoms with Crippen LogP contribution in [0.2, 0.25) is 0 Å². The summed E-state index contributed by atoms with van der Waals surface area (Å²) in [5.74, 6) is 2.87.